The zero-order chi connectivity index (χ0) is 36.7. The molecular weight excluding hydrogens is 667 g/mol. The van der Waals surface area contributed by atoms with E-state index in [0.717, 1.165) is 28.2 Å². The topological polar surface area (TPSA) is 22.2 Å². The number of fused-ring (bicyclic) bond motifs is 7. The molecule has 0 amide bonds. The van der Waals surface area contributed by atoms with Gasteiger partial charge in [0.1, 0.15) is 5.65 Å². The Morgan fingerprint density at radius 2 is 1.15 bits per heavy atom. The van der Waals surface area contributed by atoms with Crippen molar-refractivity contribution in [1.82, 2.24) is 14.0 Å². The van der Waals surface area contributed by atoms with Crippen LogP contribution in [0.3, 0.4) is 0 Å². The summed E-state index contributed by atoms with van der Waals surface area (Å²) in [5.74, 6) is 0. The molecule has 0 atom stereocenters. The summed E-state index contributed by atoms with van der Waals surface area (Å²) in [7, 11) is 0. The molecule has 0 bridgehead atoms. The first-order valence-corrected chi connectivity index (χ1v) is 19.1. The van der Waals surface area contributed by atoms with Gasteiger partial charge < -0.3 is 4.57 Å². The predicted octanol–water partition coefficient (Wildman–Crippen LogP) is 13.4. The van der Waals surface area contributed by atoms with Gasteiger partial charge in [0.05, 0.1) is 22.4 Å². The highest BCUT2D eigenvalue weighted by molar-refractivity contribution is 6.12. The fourth-order valence-corrected chi connectivity index (χ4v) is 9.10. The number of aromatic nitrogens is 3. The normalized spacial score (nSPS) is 13.1. The van der Waals surface area contributed by atoms with Gasteiger partial charge >= 0.3 is 0 Å². The third-order valence-electron chi connectivity index (χ3n) is 11.7. The lowest BCUT2D eigenvalue weighted by atomic mass is 9.81. The summed E-state index contributed by atoms with van der Waals surface area (Å²) in [6.07, 6.45) is 2.10. The average molecular weight is 704 g/mol. The van der Waals surface area contributed by atoms with Gasteiger partial charge in [-0.2, -0.15) is 0 Å². The Balaban J connectivity index is 1.02. The molecule has 0 saturated carbocycles. The summed E-state index contributed by atoms with van der Waals surface area (Å²) in [4.78, 5) is 5.09. The molecule has 55 heavy (non-hydrogen) atoms. The van der Waals surface area contributed by atoms with E-state index >= 15 is 0 Å². The number of imidazole rings is 1. The molecule has 3 aromatic heterocycles. The summed E-state index contributed by atoms with van der Waals surface area (Å²) < 4.78 is 4.61. The van der Waals surface area contributed by atoms with E-state index < -0.39 is 0 Å². The van der Waals surface area contributed by atoms with Crippen molar-refractivity contribution in [3.63, 3.8) is 0 Å². The van der Waals surface area contributed by atoms with Crippen LogP contribution in [0.4, 0.5) is 0 Å². The summed E-state index contributed by atoms with van der Waals surface area (Å²) in [5, 5.41) is 2.56. The fourth-order valence-electron chi connectivity index (χ4n) is 9.10. The fraction of sp³-hybridized carbons (Fsp3) is 0.0577. The van der Waals surface area contributed by atoms with Crippen molar-refractivity contribution >= 4 is 27.5 Å². The van der Waals surface area contributed by atoms with Gasteiger partial charge in [-0.3, -0.25) is 4.40 Å². The van der Waals surface area contributed by atoms with Crippen LogP contribution in [0.1, 0.15) is 25.0 Å². The molecule has 0 N–H and O–H groups in total. The molecule has 0 saturated heterocycles. The largest absolute Gasteiger partial charge is 0.309 e. The van der Waals surface area contributed by atoms with Crippen LogP contribution in [0.25, 0.3) is 89.0 Å². The molecule has 1 aliphatic carbocycles. The summed E-state index contributed by atoms with van der Waals surface area (Å²) in [6.45, 7) is 4.76. The van der Waals surface area contributed by atoms with E-state index in [4.69, 9.17) is 4.98 Å². The minimum Gasteiger partial charge on any atom is -0.309 e. The maximum absolute atomic E-state index is 5.09. The Labute approximate surface area is 320 Å². The molecule has 3 heteroatoms. The van der Waals surface area contributed by atoms with Gasteiger partial charge in [0.2, 0.25) is 0 Å². The molecular formula is C52H37N3. The monoisotopic (exact) mass is 703 g/mol. The molecule has 1 aliphatic rings. The van der Waals surface area contributed by atoms with Crippen molar-refractivity contribution < 1.29 is 0 Å². The minimum atomic E-state index is -0.156. The Bertz CT molecular complexity index is 3090. The standard InChI is InChI=1S/C52H37N3/c1-52(2)44-23-14-22-40(49(44)43-32-42-41-21-9-10-24-46(41)55(47(42)33-45(43)52)39-19-7-4-8-20-39)38-18-13-17-37(31-38)34-26-28-35(29-27-34)50-51(36-15-5-3-6-16-36)54-30-12-11-25-48(54)53-50/h3-33H,1-2H3. The molecule has 0 aliphatic heterocycles. The number of nitrogens with zero attached hydrogens (tertiary/aromatic N) is 3. The lowest BCUT2D eigenvalue weighted by Gasteiger charge is -2.22. The second-order valence-electron chi connectivity index (χ2n) is 15.2. The number of hydrogen-bond acceptors (Lipinski definition) is 1. The summed E-state index contributed by atoms with van der Waals surface area (Å²) in [6, 6.07) is 66.1. The zero-order valence-corrected chi connectivity index (χ0v) is 30.7. The minimum absolute atomic E-state index is 0.156. The van der Waals surface area contributed by atoms with E-state index in [1.807, 2.05) is 6.07 Å². The number of rotatable bonds is 5. The molecule has 10 aromatic rings. The SMILES string of the molecule is CC1(C)c2cc3c(cc2-c2c(-c4cccc(-c5ccc(-c6nc7ccccn7c6-c6ccccc6)cc5)c4)cccc21)c1ccccc1n3-c1ccccc1. The van der Waals surface area contributed by atoms with Crippen LogP contribution in [0.5, 0.6) is 0 Å². The van der Waals surface area contributed by atoms with Crippen LogP contribution in [-0.2, 0) is 5.41 Å². The summed E-state index contributed by atoms with van der Waals surface area (Å²) in [5.41, 5.74) is 19.1. The summed E-state index contributed by atoms with van der Waals surface area (Å²) >= 11 is 0. The van der Waals surface area contributed by atoms with Crippen molar-refractivity contribution in [2.75, 3.05) is 0 Å². The second-order valence-corrected chi connectivity index (χ2v) is 15.2. The number of hydrogen-bond donors (Lipinski definition) is 0. The predicted molar refractivity (Wildman–Crippen MR) is 229 cm³/mol. The second kappa shape index (κ2) is 12.0. The van der Waals surface area contributed by atoms with Crippen LogP contribution in [0, 0.1) is 0 Å². The highest BCUT2D eigenvalue weighted by Gasteiger charge is 2.38. The first-order valence-electron chi connectivity index (χ1n) is 19.1. The number of para-hydroxylation sites is 2. The molecule has 0 radical (unpaired) electrons. The average Bonchev–Trinajstić information content (AvgIpc) is 3.86. The zero-order valence-electron chi connectivity index (χ0n) is 30.7. The molecule has 7 aromatic carbocycles. The lowest BCUT2D eigenvalue weighted by Crippen LogP contribution is -2.15. The molecule has 3 heterocycles. The van der Waals surface area contributed by atoms with Gasteiger partial charge in [0, 0.05) is 39.2 Å². The van der Waals surface area contributed by atoms with Crippen LogP contribution in [0.2, 0.25) is 0 Å². The Kier molecular flexibility index (Phi) is 6.90. The highest BCUT2D eigenvalue weighted by atomic mass is 15.0. The third-order valence-corrected chi connectivity index (χ3v) is 11.7. The van der Waals surface area contributed by atoms with E-state index in [0.29, 0.717) is 0 Å². The Morgan fingerprint density at radius 1 is 0.455 bits per heavy atom. The van der Waals surface area contributed by atoms with E-state index in [-0.39, 0.29) is 5.41 Å². The van der Waals surface area contributed by atoms with E-state index in [2.05, 4.69) is 205 Å². The Morgan fingerprint density at radius 3 is 1.98 bits per heavy atom. The third kappa shape index (κ3) is 4.79. The lowest BCUT2D eigenvalue weighted by molar-refractivity contribution is 0.661. The van der Waals surface area contributed by atoms with E-state index in [1.165, 1.54) is 72.0 Å². The van der Waals surface area contributed by atoms with Crippen LogP contribution in [0.15, 0.2) is 188 Å². The van der Waals surface area contributed by atoms with Gasteiger partial charge in [0.15, 0.2) is 0 Å². The first kappa shape index (κ1) is 31.5. The van der Waals surface area contributed by atoms with E-state index in [9.17, 15) is 0 Å². The molecule has 0 fully saturated rings. The molecule has 0 spiro atoms. The molecule has 11 rings (SSSR count). The van der Waals surface area contributed by atoms with Gasteiger partial charge in [-0.1, -0.05) is 147 Å². The van der Waals surface area contributed by atoms with Gasteiger partial charge in [-0.05, 0) is 93.0 Å². The first-order chi connectivity index (χ1) is 27.0. The highest BCUT2D eigenvalue weighted by Crippen LogP contribution is 2.54. The van der Waals surface area contributed by atoms with Crippen LogP contribution < -0.4 is 0 Å². The van der Waals surface area contributed by atoms with Crippen molar-refractivity contribution in [3.05, 3.63) is 199 Å². The van der Waals surface area contributed by atoms with Crippen molar-refractivity contribution in [1.29, 1.82) is 0 Å². The van der Waals surface area contributed by atoms with Crippen molar-refractivity contribution in [3.8, 4) is 61.6 Å². The maximum atomic E-state index is 5.09. The number of benzene rings is 7. The van der Waals surface area contributed by atoms with Gasteiger partial charge in [-0.25, -0.2) is 4.98 Å². The molecule has 0 unspecified atom stereocenters. The smallest absolute Gasteiger partial charge is 0.137 e. The van der Waals surface area contributed by atoms with Gasteiger partial charge in [-0.15, -0.1) is 0 Å². The van der Waals surface area contributed by atoms with Crippen LogP contribution in [-0.4, -0.2) is 14.0 Å². The quantitative estimate of drug-likeness (QED) is 0.175. The number of pyridine rings is 1. The van der Waals surface area contributed by atoms with E-state index in [1.54, 1.807) is 0 Å². The maximum Gasteiger partial charge on any atom is 0.137 e. The van der Waals surface area contributed by atoms with Crippen molar-refractivity contribution in [2.24, 2.45) is 0 Å². The van der Waals surface area contributed by atoms with Gasteiger partial charge in [0.25, 0.3) is 0 Å². The molecule has 260 valence electrons. The van der Waals surface area contributed by atoms with Crippen LogP contribution >= 0.6 is 0 Å². The Hall–Kier alpha value is -6.97. The van der Waals surface area contributed by atoms with Crippen molar-refractivity contribution in [2.45, 2.75) is 19.3 Å². The molecule has 3 nitrogen and oxygen atoms in total.